The minimum Gasteiger partial charge on any atom is -0.277 e. The van der Waals surface area contributed by atoms with Gasteiger partial charge in [-0.2, -0.15) is 0 Å². The predicted octanol–water partition coefficient (Wildman–Crippen LogP) is 5.96. The summed E-state index contributed by atoms with van der Waals surface area (Å²) in [7, 11) is 0. The fourth-order valence-corrected chi connectivity index (χ4v) is 3.14. The second-order valence-corrected chi connectivity index (χ2v) is 6.46. The summed E-state index contributed by atoms with van der Waals surface area (Å²) in [6.45, 7) is 0. The number of hydrogen-bond acceptors (Lipinski definition) is 0. The van der Waals surface area contributed by atoms with Crippen molar-refractivity contribution < 1.29 is 18.5 Å². The summed E-state index contributed by atoms with van der Waals surface area (Å²) in [6.07, 6.45) is 0. The number of hydrogen-bond donors (Lipinski definition) is 1. The number of para-hydroxylation sites is 1. The Hall–Kier alpha value is -3.37. The van der Waals surface area contributed by atoms with Crippen LogP contribution in [0.1, 0.15) is 0 Å². The molecule has 2 N–H and O–H groups in total. The molecule has 0 aromatic heterocycles. The standard InChI is InChI=1S/C24H16F3N/c25-20-8-4-5-9-23(20)28-24-15-18(11-13-21(24)26)17-10-12-19(22(27)14-17)16-6-2-1-3-7-16/h1-15,28H/p+1. The molecule has 28 heavy (non-hydrogen) atoms. The number of halogens is 3. The molecule has 0 aliphatic carbocycles. The van der Waals surface area contributed by atoms with E-state index in [-0.39, 0.29) is 11.5 Å². The van der Waals surface area contributed by atoms with Crippen LogP contribution in [0.3, 0.4) is 0 Å². The lowest BCUT2D eigenvalue weighted by Crippen LogP contribution is -2.72. The Morgan fingerprint density at radius 3 is 1.86 bits per heavy atom. The van der Waals surface area contributed by atoms with E-state index in [2.05, 4.69) is 0 Å². The third-order valence-corrected chi connectivity index (χ3v) is 4.60. The summed E-state index contributed by atoms with van der Waals surface area (Å²) >= 11 is 0. The van der Waals surface area contributed by atoms with Crippen LogP contribution >= 0.6 is 0 Å². The first-order valence-electron chi connectivity index (χ1n) is 8.86. The Labute approximate surface area is 161 Å². The third kappa shape index (κ3) is 3.68. The summed E-state index contributed by atoms with van der Waals surface area (Å²) in [5.74, 6) is -1.24. The molecule has 0 unspecified atom stereocenters. The van der Waals surface area contributed by atoms with E-state index in [9.17, 15) is 13.2 Å². The van der Waals surface area contributed by atoms with Crippen molar-refractivity contribution in [2.75, 3.05) is 0 Å². The summed E-state index contributed by atoms with van der Waals surface area (Å²) in [6, 6.07) is 24.9. The summed E-state index contributed by atoms with van der Waals surface area (Å²) in [5, 5.41) is 1.45. The van der Waals surface area contributed by atoms with Gasteiger partial charge in [-0.05, 0) is 34.9 Å². The average molecular weight is 376 g/mol. The van der Waals surface area contributed by atoms with E-state index in [1.165, 1.54) is 23.5 Å². The van der Waals surface area contributed by atoms with E-state index < -0.39 is 11.6 Å². The maximum absolute atomic E-state index is 14.7. The van der Waals surface area contributed by atoms with Gasteiger partial charge in [0.2, 0.25) is 0 Å². The maximum Gasteiger partial charge on any atom is 0.184 e. The van der Waals surface area contributed by atoms with Crippen LogP contribution < -0.4 is 5.32 Å². The lowest BCUT2D eigenvalue weighted by Gasteiger charge is -2.09. The van der Waals surface area contributed by atoms with Gasteiger partial charge in [0.25, 0.3) is 0 Å². The highest BCUT2D eigenvalue weighted by atomic mass is 19.1. The van der Waals surface area contributed by atoms with Crippen molar-refractivity contribution in [1.82, 2.24) is 0 Å². The third-order valence-electron chi connectivity index (χ3n) is 4.60. The van der Waals surface area contributed by atoms with Crippen molar-refractivity contribution in [2.45, 2.75) is 0 Å². The van der Waals surface area contributed by atoms with Gasteiger partial charge < -0.3 is 0 Å². The zero-order valence-electron chi connectivity index (χ0n) is 14.9. The lowest BCUT2D eigenvalue weighted by atomic mass is 9.99. The van der Waals surface area contributed by atoms with Crippen LogP contribution in [-0.2, 0) is 0 Å². The van der Waals surface area contributed by atoms with Gasteiger partial charge in [-0.3, -0.25) is 5.32 Å². The average Bonchev–Trinajstić information content (AvgIpc) is 2.72. The Morgan fingerprint density at radius 2 is 1.11 bits per heavy atom. The van der Waals surface area contributed by atoms with Crippen LogP contribution in [0.25, 0.3) is 22.3 Å². The van der Waals surface area contributed by atoms with Gasteiger partial charge in [0.15, 0.2) is 23.0 Å². The highest BCUT2D eigenvalue weighted by Crippen LogP contribution is 2.29. The van der Waals surface area contributed by atoms with Crippen LogP contribution in [0, 0.1) is 17.5 Å². The molecule has 0 fully saturated rings. The molecule has 4 aromatic rings. The second-order valence-electron chi connectivity index (χ2n) is 6.46. The Balaban J connectivity index is 1.68. The van der Waals surface area contributed by atoms with Gasteiger partial charge in [0.1, 0.15) is 5.82 Å². The topological polar surface area (TPSA) is 16.6 Å². The first-order valence-corrected chi connectivity index (χ1v) is 8.86. The molecule has 0 bridgehead atoms. The summed E-state index contributed by atoms with van der Waals surface area (Å²) in [5.41, 5.74) is 3.12. The van der Waals surface area contributed by atoms with Crippen molar-refractivity contribution in [3.05, 3.63) is 108 Å². The van der Waals surface area contributed by atoms with Gasteiger partial charge >= 0.3 is 0 Å². The van der Waals surface area contributed by atoms with Crippen LogP contribution in [-0.4, -0.2) is 0 Å². The number of benzene rings is 4. The molecule has 4 heteroatoms. The largest absolute Gasteiger partial charge is 0.277 e. The molecule has 0 heterocycles. The molecule has 0 spiro atoms. The van der Waals surface area contributed by atoms with Gasteiger partial charge in [0, 0.05) is 17.7 Å². The molecule has 0 amide bonds. The molecule has 0 atom stereocenters. The normalized spacial score (nSPS) is 10.8. The second kappa shape index (κ2) is 7.71. The number of rotatable bonds is 4. The van der Waals surface area contributed by atoms with E-state index in [0.29, 0.717) is 22.4 Å². The molecule has 0 radical (unpaired) electrons. The van der Waals surface area contributed by atoms with E-state index >= 15 is 0 Å². The Bertz CT molecular complexity index is 1120. The fourth-order valence-electron chi connectivity index (χ4n) is 3.14. The molecule has 0 saturated heterocycles. The highest BCUT2D eigenvalue weighted by Gasteiger charge is 2.14. The number of quaternary nitrogens is 1. The Morgan fingerprint density at radius 1 is 0.464 bits per heavy atom. The minimum atomic E-state index is -0.464. The molecule has 0 aliphatic heterocycles. The van der Waals surface area contributed by atoms with Gasteiger partial charge in [-0.15, -0.1) is 0 Å². The highest BCUT2D eigenvalue weighted by molar-refractivity contribution is 5.72. The van der Waals surface area contributed by atoms with Gasteiger partial charge in [-0.1, -0.05) is 60.7 Å². The molecule has 1 nitrogen and oxygen atoms in total. The zero-order valence-corrected chi connectivity index (χ0v) is 14.9. The van der Waals surface area contributed by atoms with E-state index in [4.69, 9.17) is 0 Å². The first kappa shape index (κ1) is 18.0. The van der Waals surface area contributed by atoms with Crippen LogP contribution in [0.15, 0.2) is 91.0 Å². The van der Waals surface area contributed by atoms with Crippen molar-refractivity contribution in [1.29, 1.82) is 0 Å². The molecule has 4 rings (SSSR count). The minimum absolute atomic E-state index is 0.246. The van der Waals surface area contributed by atoms with E-state index in [1.807, 2.05) is 30.3 Å². The molecule has 4 aromatic carbocycles. The van der Waals surface area contributed by atoms with Crippen molar-refractivity contribution in [3.8, 4) is 22.3 Å². The quantitative estimate of drug-likeness (QED) is 0.423. The monoisotopic (exact) mass is 376 g/mol. The molecular weight excluding hydrogens is 359 g/mol. The van der Waals surface area contributed by atoms with E-state index in [0.717, 1.165) is 5.56 Å². The fraction of sp³-hybridized carbons (Fsp3) is 0. The lowest BCUT2D eigenvalue weighted by molar-refractivity contribution is -0.483. The Kier molecular flexibility index (Phi) is 4.96. The molecular formula is C24H17F3N+. The predicted molar refractivity (Wildman–Crippen MR) is 105 cm³/mol. The SMILES string of the molecule is Fc1ccccc1[NH2+]c1cc(-c2ccc(-c3ccccc3)c(F)c2)ccc1F. The molecule has 138 valence electrons. The van der Waals surface area contributed by atoms with Crippen molar-refractivity contribution >= 4 is 11.4 Å². The first-order chi connectivity index (χ1) is 13.6. The molecule has 0 saturated carbocycles. The van der Waals surface area contributed by atoms with Gasteiger partial charge in [-0.25, -0.2) is 13.2 Å². The zero-order chi connectivity index (χ0) is 19.5. The van der Waals surface area contributed by atoms with Crippen LogP contribution in [0.2, 0.25) is 0 Å². The van der Waals surface area contributed by atoms with Gasteiger partial charge in [0.05, 0.1) is 0 Å². The number of nitrogens with two attached hydrogens (primary N) is 1. The van der Waals surface area contributed by atoms with E-state index in [1.54, 1.807) is 42.5 Å². The van der Waals surface area contributed by atoms with Crippen LogP contribution in [0.5, 0.6) is 0 Å². The summed E-state index contributed by atoms with van der Waals surface area (Å²) in [4.78, 5) is 0. The smallest absolute Gasteiger partial charge is 0.184 e. The van der Waals surface area contributed by atoms with Crippen molar-refractivity contribution in [3.63, 3.8) is 0 Å². The van der Waals surface area contributed by atoms with Crippen LogP contribution in [0.4, 0.5) is 24.5 Å². The van der Waals surface area contributed by atoms with Crippen molar-refractivity contribution in [2.24, 2.45) is 0 Å². The maximum atomic E-state index is 14.7. The molecule has 0 aliphatic rings. The summed E-state index contributed by atoms with van der Waals surface area (Å²) < 4.78 is 42.8.